The number of benzene rings is 2. The largest absolute Gasteiger partial charge is 0.480 e. The first-order chi connectivity index (χ1) is 15.5. The van der Waals surface area contributed by atoms with Crippen LogP contribution in [0.2, 0.25) is 0 Å². The number of hydrogen-bond acceptors (Lipinski definition) is 5. The van der Waals surface area contributed by atoms with Crippen molar-refractivity contribution in [1.82, 2.24) is 10.2 Å². The Balaban J connectivity index is 1.28. The molecule has 0 aromatic heterocycles. The smallest absolute Gasteiger partial charge is 0.407 e. The summed E-state index contributed by atoms with van der Waals surface area (Å²) in [5.41, 5.74) is 4.52. The van der Waals surface area contributed by atoms with Crippen LogP contribution >= 0.6 is 0 Å². The molecule has 0 bridgehead atoms. The number of hydrogen-bond donors (Lipinski definition) is 3. The molecule has 2 aliphatic rings. The van der Waals surface area contributed by atoms with Gasteiger partial charge >= 0.3 is 12.1 Å². The molecular weight excluding hydrogens is 412 g/mol. The molecule has 2 aromatic rings. The molecule has 2 amide bonds. The number of carboxylic acid groups (broad SMARTS) is 1. The molecule has 32 heavy (non-hydrogen) atoms. The second-order valence-corrected chi connectivity index (χ2v) is 7.84. The number of aliphatic carboxylic acids is 1. The minimum atomic E-state index is -1.15. The average Bonchev–Trinajstić information content (AvgIpc) is 3.34. The van der Waals surface area contributed by atoms with Crippen LogP contribution in [0.5, 0.6) is 0 Å². The lowest BCUT2D eigenvalue weighted by molar-refractivity contribution is -0.146. The van der Waals surface area contributed by atoms with Crippen LogP contribution in [-0.4, -0.2) is 64.9 Å². The number of nitrogens with zero attached hydrogens (tertiary/aromatic N) is 1. The first kappa shape index (κ1) is 21.6. The third-order valence-electron chi connectivity index (χ3n) is 5.82. The Labute approximate surface area is 185 Å². The second-order valence-electron chi connectivity index (χ2n) is 7.84. The van der Waals surface area contributed by atoms with Gasteiger partial charge in [-0.3, -0.25) is 4.79 Å². The number of carbonyl (C=O) groups is 3. The Morgan fingerprint density at radius 1 is 1.06 bits per heavy atom. The fourth-order valence-electron chi connectivity index (χ4n) is 4.34. The van der Waals surface area contributed by atoms with Crippen molar-refractivity contribution in [3.05, 3.63) is 71.8 Å². The number of ether oxygens (including phenoxy) is 1. The minimum Gasteiger partial charge on any atom is -0.480 e. The summed E-state index contributed by atoms with van der Waals surface area (Å²) in [7, 11) is 0. The van der Waals surface area contributed by atoms with E-state index in [2.05, 4.69) is 17.4 Å². The summed E-state index contributed by atoms with van der Waals surface area (Å²) in [4.78, 5) is 36.7. The number of amides is 2. The summed E-state index contributed by atoms with van der Waals surface area (Å²) < 4.78 is 5.42. The Morgan fingerprint density at radius 2 is 1.69 bits per heavy atom. The van der Waals surface area contributed by atoms with Gasteiger partial charge in [0, 0.05) is 31.5 Å². The lowest BCUT2D eigenvalue weighted by atomic mass is 9.98. The maximum absolute atomic E-state index is 12.2. The molecule has 8 nitrogen and oxygen atoms in total. The number of likely N-dealkylation sites (tertiary alicyclic amines) is 1. The first-order valence-electron chi connectivity index (χ1n) is 10.4. The van der Waals surface area contributed by atoms with E-state index in [0.29, 0.717) is 0 Å². The number of nitrogens with one attached hydrogen (secondary N) is 1. The maximum atomic E-state index is 12.2. The number of carboxylic acids is 1. The molecule has 1 aliphatic carbocycles. The molecule has 0 unspecified atom stereocenters. The zero-order valence-electron chi connectivity index (χ0n) is 17.3. The van der Waals surface area contributed by atoms with Crippen LogP contribution in [0.3, 0.4) is 0 Å². The van der Waals surface area contributed by atoms with E-state index in [0.717, 1.165) is 27.2 Å². The van der Waals surface area contributed by atoms with Crippen LogP contribution in [0.4, 0.5) is 4.79 Å². The zero-order chi connectivity index (χ0) is 22.7. The van der Waals surface area contributed by atoms with E-state index < -0.39 is 30.1 Å². The van der Waals surface area contributed by atoms with Crippen LogP contribution in [0.25, 0.3) is 11.1 Å². The van der Waals surface area contributed by atoms with Crippen LogP contribution in [0.1, 0.15) is 23.5 Å². The van der Waals surface area contributed by atoms with E-state index in [1.807, 2.05) is 36.4 Å². The number of fused-ring (bicyclic) bond motifs is 3. The third-order valence-corrected chi connectivity index (χ3v) is 5.82. The highest BCUT2D eigenvalue weighted by molar-refractivity contribution is 5.91. The van der Waals surface area contributed by atoms with Gasteiger partial charge in [0.1, 0.15) is 12.6 Å². The summed E-state index contributed by atoms with van der Waals surface area (Å²) in [6.07, 6.45) is 1.16. The van der Waals surface area contributed by atoms with Crippen LogP contribution in [-0.2, 0) is 14.3 Å². The normalized spacial score (nSPS) is 19.6. The quantitative estimate of drug-likeness (QED) is 0.598. The molecule has 1 heterocycles. The van der Waals surface area contributed by atoms with Crippen molar-refractivity contribution in [2.24, 2.45) is 0 Å². The molecule has 0 radical (unpaired) electrons. The number of rotatable bonds is 6. The summed E-state index contributed by atoms with van der Waals surface area (Å²) in [5.74, 6) is -1.72. The van der Waals surface area contributed by atoms with Crippen LogP contribution in [0.15, 0.2) is 60.7 Å². The molecule has 8 heteroatoms. The van der Waals surface area contributed by atoms with E-state index in [1.165, 1.54) is 12.2 Å². The van der Waals surface area contributed by atoms with Crippen LogP contribution < -0.4 is 5.32 Å². The molecule has 1 saturated heterocycles. The molecule has 2 atom stereocenters. The highest BCUT2D eigenvalue weighted by Crippen LogP contribution is 2.44. The standard InChI is InChI=1S/C24H24N2O6/c27-15-12-21(23(29)30)26(13-15)22(28)10-5-11-25-24(31)32-14-20-18-8-3-1-6-16(18)17-7-2-4-9-19(17)20/h1-10,15,20-21,27H,11-14H2,(H,25,31)(H,29,30)/b10-5+/t15-,21-/m1/s1. The van der Waals surface area contributed by atoms with Gasteiger partial charge in [-0.2, -0.15) is 0 Å². The van der Waals surface area contributed by atoms with Gasteiger partial charge < -0.3 is 25.2 Å². The molecule has 0 saturated carbocycles. The predicted molar refractivity (Wildman–Crippen MR) is 116 cm³/mol. The van der Waals surface area contributed by atoms with Gasteiger partial charge in [-0.1, -0.05) is 54.6 Å². The third kappa shape index (κ3) is 4.36. The Hall–Kier alpha value is -3.65. The molecule has 2 aromatic carbocycles. The van der Waals surface area contributed by atoms with E-state index in [-0.39, 0.29) is 32.0 Å². The van der Waals surface area contributed by atoms with Crippen molar-refractivity contribution >= 4 is 18.0 Å². The molecule has 3 N–H and O–H groups in total. The van der Waals surface area contributed by atoms with E-state index in [9.17, 15) is 19.5 Å². The Kier molecular flexibility index (Phi) is 6.23. The second kappa shape index (κ2) is 9.23. The van der Waals surface area contributed by atoms with Crippen molar-refractivity contribution in [2.75, 3.05) is 19.7 Å². The number of β-amino-alcohol motifs (C(OH)–C–C–N with tert-alkyl or cyclic N) is 1. The lowest BCUT2D eigenvalue weighted by Crippen LogP contribution is -2.39. The zero-order valence-corrected chi connectivity index (χ0v) is 17.3. The predicted octanol–water partition coefficient (Wildman–Crippen LogP) is 2.13. The highest BCUT2D eigenvalue weighted by atomic mass is 16.5. The van der Waals surface area contributed by atoms with E-state index >= 15 is 0 Å². The maximum Gasteiger partial charge on any atom is 0.407 e. The number of aliphatic hydroxyl groups excluding tert-OH is 1. The lowest BCUT2D eigenvalue weighted by Gasteiger charge is -2.19. The van der Waals surface area contributed by atoms with Crippen molar-refractivity contribution in [3.8, 4) is 11.1 Å². The molecule has 0 spiro atoms. The highest BCUT2D eigenvalue weighted by Gasteiger charge is 2.38. The number of alkyl carbamates (subject to hydrolysis) is 1. The van der Waals surface area contributed by atoms with Gasteiger partial charge in [0.15, 0.2) is 0 Å². The van der Waals surface area contributed by atoms with Gasteiger partial charge in [-0.15, -0.1) is 0 Å². The van der Waals surface area contributed by atoms with Gasteiger partial charge in [-0.05, 0) is 22.3 Å². The summed E-state index contributed by atoms with van der Waals surface area (Å²) >= 11 is 0. The van der Waals surface area contributed by atoms with Crippen molar-refractivity contribution in [3.63, 3.8) is 0 Å². The van der Waals surface area contributed by atoms with Gasteiger partial charge in [0.25, 0.3) is 0 Å². The van der Waals surface area contributed by atoms with Crippen molar-refractivity contribution in [2.45, 2.75) is 24.5 Å². The van der Waals surface area contributed by atoms with E-state index in [1.54, 1.807) is 0 Å². The number of carbonyl (C=O) groups excluding carboxylic acids is 2. The molecule has 1 fully saturated rings. The summed E-state index contributed by atoms with van der Waals surface area (Å²) in [5, 5.41) is 21.4. The van der Waals surface area contributed by atoms with Gasteiger partial charge in [0.05, 0.1) is 6.10 Å². The summed E-state index contributed by atoms with van der Waals surface area (Å²) in [6.45, 7) is 0.213. The topological polar surface area (TPSA) is 116 Å². The van der Waals surface area contributed by atoms with Gasteiger partial charge in [0.2, 0.25) is 5.91 Å². The minimum absolute atomic E-state index is 0.00686. The first-order valence-corrected chi connectivity index (χ1v) is 10.4. The SMILES string of the molecule is O=C(NC/C=C/C(=O)N1C[C@H](O)C[C@@H]1C(=O)O)OCC1c2ccccc2-c2ccccc21. The fraction of sp³-hybridized carbons (Fsp3) is 0.292. The van der Waals surface area contributed by atoms with Crippen molar-refractivity contribution in [1.29, 1.82) is 0 Å². The molecule has 4 rings (SSSR count). The monoisotopic (exact) mass is 436 g/mol. The molecule has 1 aliphatic heterocycles. The van der Waals surface area contributed by atoms with Crippen LogP contribution in [0, 0.1) is 0 Å². The molecular formula is C24H24N2O6. The fourth-order valence-corrected chi connectivity index (χ4v) is 4.34. The van der Waals surface area contributed by atoms with Gasteiger partial charge in [-0.25, -0.2) is 9.59 Å². The van der Waals surface area contributed by atoms with E-state index in [4.69, 9.17) is 9.84 Å². The van der Waals surface area contributed by atoms with Crippen molar-refractivity contribution < 1.29 is 29.3 Å². The molecule has 166 valence electrons. The number of aliphatic hydroxyl groups is 1. The summed E-state index contributed by atoms with van der Waals surface area (Å²) in [6, 6.07) is 15.1. The Bertz CT molecular complexity index is 1020. The Morgan fingerprint density at radius 3 is 2.31 bits per heavy atom. The average molecular weight is 436 g/mol.